The van der Waals surface area contributed by atoms with E-state index in [-0.39, 0.29) is 11.7 Å². The Morgan fingerprint density at radius 3 is 2.81 bits per heavy atom. The summed E-state index contributed by atoms with van der Waals surface area (Å²) >= 11 is 0. The third kappa shape index (κ3) is 3.78. The summed E-state index contributed by atoms with van der Waals surface area (Å²) in [5, 5.41) is 8.15. The fourth-order valence-corrected chi connectivity index (χ4v) is 4.13. The lowest BCUT2D eigenvalue weighted by atomic mass is 9.99. The second-order valence-corrected chi connectivity index (χ2v) is 8.27. The van der Waals surface area contributed by atoms with Crippen LogP contribution in [-0.2, 0) is 11.8 Å². The third-order valence-electron chi connectivity index (χ3n) is 5.93. The zero-order valence-electron chi connectivity index (χ0n) is 18.4. The highest BCUT2D eigenvalue weighted by atomic mass is 16.5. The van der Waals surface area contributed by atoms with Gasteiger partial charge in [-0.2, -0.15) is 4.98 Å². The van der Waals surface area contributed by atoms with Gasteiger partial charge < -0.3 is 19.1 Å². The van der Waals surface area contributed by atoms with Crippen LogP contribution in [-0.4, -0.2) is 26.3 Å². The molecule has 1 aliphatic heterocycles. The van der Waals surface area contributed by atoms with Crippen LogP contribution in [0.25, 0.3) is 22.0 Å². The first kappa shape index (κ1) is 20.4. The highest BCUT2D eigenvalue weighted by molar-refractivity contribution is 5.85. The fourth-order valence-electron chi connectivity index (χ4n) is 4.13. The van der Waals surface area contributed by atoms with Crippen molar-refractivity contribution in [1.82, 2.24) is 19.7 Å². The van der Waals surface area contributed by atoms with Crippen LogP contribution in [0.3, 0.4) is 0 Å². The van der Waals surface area contributed by atoms with Crippen molar-refractivity contribution < 1.29 is 9.26 Å². The number of aromatic nitrogens is 4. The predicted octanol–water partition coefficient (Wildman–Crippen LogP) is 4.59. The van der Waals surface area contributed by atoms with Crippen molar-refractivity contribution in [3.8, 4) is 11.1 Å². The summed E-state index contributed by atoms with van der Waals surface area (Å²) in [5.74, 6) is 0.862. The molecular weight excluding hydrogens is 406 g/mol. The molecule has 1 aliphatic rings. The van der Waals surface area contributed by atoms with E-state index in [1.165, 1.54) is 0 Å². The quantitative estimate of drug-likeness (QED) is 0.505. The van der Waals surface area contributed by atoms with Crippen molar-refractivity contribution in [1.29, 1.82) is 0 Å². The summed E-state index contributed by atoms with van der Waals surface area (Å²) < 4.78 is 12.8. The first-order chi connectivity index (χ1) is 15.5. The highest BCUT2D eigenvalue weighted by Gasteiger charge is 2.22. The molecule has 4 heterocycles. The predicted molar refractivity (Wildman–Crippen MR) is 122 cm³/mol. The summed E-state index contributed by atoms with van der Waals surface area (Å²) in [5.41, 5.74) is 4.92. The van der Waals surface area contributed by atoms with Crippen LogP contribution in [0.2, 0.25) is 0 Å². The number of fused-ring (bicyclic) bond motifs is 1. The van der Waals surface area contributed by atoms with E-state index in [4.69, 9.17) is 9.26 Å². The summed E-state index contributed by atoms with van der Waals surface area (Å²) in [6.07, 6.45) is 4.70. The van der Waals surface area contributed by atoms with Gasteiger partial charge in [0, 0.05) is 42.2 Å². The molecule has 1 N–H and O–H groups in total. The lowest BCUT2D eigenvalue weighted by molar-refractivity contribution is -0.00459. The Morgan fingerprint density at radius 1 is 1.12 bits per heavy atom. The van der Waals surface area contributed by atoms with Gasteiger partial charge in [-0.05, 0) is 73.7 Å². The van der Waals surface area contributed by atoms with Crippen LogP contribution in [0.5, 0.6) is 0 Å². The van der Waals surface area contributed by atoms with Gasteiger partial charge in [0.1, 0.15) is 6.10 Å². The van der Waals surface area contributed by atoms with Gasteiger partial charge in [-0.25, -0.2) is 0 Å². The first-order valence-electron chi connectivity index (χ1n) is 10.8. The molecule has 1 aromatic carbocycles. The molecule has 0 saturated carbocycles. The van der Waals surface area contributed by atoms with Crippen molar-refractivity contribution in [2.24, 2.45) is 7.05 Å². The Hall–Kier alpha value is -3.52. The Morgan fingerprint density at radius 2 is 2.00 bits per heavy atom. The number of benzene rings is 1. The molecule has 1 fully saturated rings. The van der Waals surface area contributed by atoms with E-state index < -0.39 is 0 Å². The second-order valence-electron chi connectivity index (χ2n) is 8.27. The molecule has 8 nitrogen and oxygen atoms in total. The van der Waals surface area contributed by atoms with Crippen LogP contribution in [0.1, 0.15) is 42.5 Å². The maximum atomic E-state index is 13.2. The van der Waals surface area contributed by atoms with Gasteiger partial charge in [0.15, 0.2) is 0 Å². The minimum Gasteiger partial charge on any atom is -0.368 e. The van der Waals surface area contributed by atoms with Gasteiger partial charge >= 0.3 is 0 Å². The van der Waals surface area contributed by atoms with Crippen molar-refractivity contribution in [2.45, 2.75) is 39.2 Å². The number of nitrogens with zero attached hydrogens (tertiary/aromatic N) is 4. The smallest absolute Gasteiger partial charge is 0.267 e. The SMILES string of the molecule is Cc1cc2c(cn1)cc(-c1cc(Nc3noc(C4CCCCO4)n3)ccc1C)c(=O)n2C. The van der Waals surface area contributed by atoms with Crippen molar-refractivity contribution in [2.75, 3.05) is 11.9 Å². The molecule has 0 bridgehead atoms. The summed E-state index contributed by atoms with van der Waals surface area (Å²) in [7, 11) is 1.79. The van der Waals surface area contributed by atoms with Crippen molar-refractivity contribution in [3.63, 3.8) is 0 Å². The fraction of sp³-hybridized carbons (Fsp3) is 0.333. The minimum atomic E-state index is -0.141. The maximum absolute atomic E-state index is 13.2. The zero-order chi connectivity index (χ0) is 22.2. The lowest BCUT2D eigenvalue weighted by Crippen LogP contribution is -2.19. The topological polar surface area (TPSA) is 95.1 Å². The van der Waals surface area contributed by atoms with Crippen LogP contribution in [0.4, 0.5) is 11.6 Å². The van der Waals surface area contributed by atoms with Crippen LogP contribution in [0, 0.1) is 13.8 Å². The number of ether oxygens (including phenoxy) is 1. The highest BCUT2D eigenvalue weighted by Crippen LogP contribution is 2.30. The Labute approximate surface area is 185 Å². The number of pyridine rings is 2. The molecule has 0 spiro atoms. The average molecular weight is 431 g/mol. The summed E-state index contributed by atoms with van der Waals surface area (Å²) in [6, 6.07) is 9.67. The molecule has 0 amide bonds. The molecule has 3 aromatic heterocycles. The standard InChI is InChI=1S/C24H25N5O3/c1-14-7-8-17(26-24-27-22(32-28-24)21-6-4-5-9-31-21)12-18(14)19-11-16-13-25-15(2)10-20(16)29(3)23(19)30/h7-8,10-13,21H,4-6,9H2,1-3H3,(H,26,28). The van der Waals surface area contributed by atoms with Crippen LogP contribution >= 0.6 is 0 Å². The Bertz CT molecular complexity index is 1350. The van der Waals surface area contributed by atoms with Crippen LogP contribution < -0.4 is 10.9 Å². The van der Waals surface area contributed by atoms with E-state index in [0.717, 1.165) is 52.7 Å². The molecule has 1 saturated heterocycles. The van der Waals surface area contributed by atoms with Gasteiger partial charge in [-0.3, -0.25) is 9.78 Å². The maximum Gasteiger partial charge on any atom is 0.267 e. The Balaban J connectivity index is 1.48. The number of aryl methyl sites for hydroxylation is 3. The summed E-state index contributed by atoms with van der Waals surface area (Å²) in [4.78, 5) is 22.0. The monoisotopic (exact) mass is 431 g/mol. The van der Waals surface area contributed by atoms with Gasteiger partial charge in [0.25, 0.3) is 17.4 Å². The van der Waals surface area contributed by atoms with E-state index in [1.54, 1.807) is 17.8 Å². The van der Waals surface area contributed by atoms with E-state index >= 15 is 0 Å². The second kappa shape index (κ2) is 8.20. The van der Waals surface area contributed by atoms with Gasteiger partial charge in [-0.15, -0.1) is 0 Å². The molecule has 4 aromatic rings. The largest absolute Gasteiger partial charge is 0.368 e. The molecule has 32 heavy (non-hydrogen) atoms. The van der Waals surface area contributed by atoms with Crippen molar-refractivity contribution >= 4 is 22.5 Å². The molecule has 8 heteroatoms. The normalized spacial score (nSPS) is 16.4. The molecule has 1 atom stereocenters. The van der Waals surface area contributed by atoms with Gasteiger partial charge in [0.05, 0.1) is 5.52 Å². The molecule has 0 radical (unpaired) electrons. The molecule has 164 valence electrons. The van der Waals surface area contributed by atoms with Crippen molar-refractivity contribution in [3.05, 3.63) is 64.0 Å². The number of hydrogen-bond donors (Lipinski definition) is 1. The molecule has 0 aliphatic carbocycles. The third-order valence-corrected chi connectivity index (χ3v) is 5.93. The molecule has 5 rings (SSSR count). The van der Waals surface area contributed by atoms with Gasteiger partial charge in [-0.1, -0.05) is 6.07 Å². The number of anilines is 2. The lowest BCUT2D eigenvalue weighted by Gasteiger charge is -2.18. The molecular formula is C24H25N5O3. The number of nitrogens with one attached hydrogen (secondary N) is 1. The van der Waals surface area contributed by atoms with E-state index in [9.17, 15) is 4.79 Å². The summed E-state index contributed by atoms with van der Waals surface area (Å²) in [6.45, 7) is 4.62. The van der Waals surface area contributed by atoms with Gasteiger partial charge in [0.2, 0.25) is 0 Å². The van der Waals surface area contributed by atoms with E-state index in [0.29, 0.717) is 24.0 Å². The van der Waals surface area contributed by atoms with E-state index in [1.807, 2.05) is 44.2 Å². The zero-order valence-corrected chi connectivity index (χ0v) is 18.4. The minimum absolute atomic E-state index is 0.0559. The average Bonchev–Trinajstić information content (AvgIpc) is 3.27. The number of hydrogen-bond acceptors (Lipinski definition) is 7. The van der Waals surface area contributed by atoms with Crippen LogP contribution in [0.15, 0.2) is 45.8 Å². The van der Waals surface area contributed by atoms with E-state index in [2.05, 4.69) is 20.4 Å². The number of rotatable bonds is 4. The Kier molecular flexibility index (Phi) is 5.22. The first-order valence-corrected chi connectivity index (χ1v) is 10.8. The molecule has 1 unspecified atom stereocenters.